The number of ether oxygens (including phenoxy) is 1. The molecule has 0 aromatic heterocycles. The van der Waals surface area contributed by atoms with Crippen molar-refractivity contribution in [1.82, 2.24) is 10.6 Å². The Bertz CT molecular complexity index is 239. The number of carbonyl (C=O) groups is 1. The number of carbonyl (C=O) groups excluding carboxylic acids is 1. The van der Waals surface area contributed by atoms with Crippen molar-refractivity contribution in [2.45, 2.75) is 38.6 Å². The number of nitrogens with one attached hydrogen (secondary N) is 2. The zero-order valence-corrected chi connectivity index (χ0v) is 10.00. The molecular weight excluding hydrogens is 204 g/mol. The average Bonchev–Trinajstić information content (AvgIpc) is 2.87. The molecule has 2 amide bonds. The van der Waals surface area contributed by atoms with Gasteiger partial charge in [0.2, 0.25) is 0 Å². The number of urea groups is 1. The molecule has 1 saturated heterocycles. The smallest absolute Gasteiger partial charge is 0.315 e. The Kier molecular flexibility index (Phi) is 4.04. The van der Waals surface area contributed by atoms with Crippen LogP contribution in [0.2, 0.25) is 0 Å². The van der Waals surface area contributed by atoms with Gasteiger partial charge in [0.05, 0.1) is 12.6 Å². The third-order valence-electron chi connectivity index (χ3n) is 3.62. The van der Waals surface area contributed by atoms with Gasteiger partial charge in [-0.15, -0.1) is 0 Å². The molecule has 0 aromatic rings. The van der Waals surface area contributed by atoms with Gasteiger partial charge in [0, 0.05) is 13.2 Å². The number of hydrogen-bond donors (Lipinski definition) is 2. The summed E-state index contributed by atoms with van der Waals surface area (Å²) in [5.74, 6) is 1.51. The second-order valence-corrected chi connectivity index (χ2v) is 5.20. The van der Waals surface area contributed by atoms with Crippen LogP contribution in [0.4, 0.5) is 4.79 Å². The molecule has 0 radical (unpaired) electrons. The number of rotatable bonds is 3. The summed E-state index contributed by atoms with van der Waals surface area (Å²) in [5, 5.41) is 5.91. The molecule has 92 valence electrons. The van der Waals surface area contributed by atoms with Gasteiger partial charge in [-0.1, -0.05) is 13.3 Å². The molecule has 1 saturated carbocycles. The summed E-state index contributed by atoms with van der Waals surface area (Å²) in [6.45, 7) is 4.54. The summed E-state index contributed by atoms with van der Waals surface area (Å²) in [6, 6.07) is 0.178. The maximum atomic E-state index is 11.6. The highest BCUT2D eigenvalue weighted by Gasteiger charge is 2.22. The van der Waals surface area contributed by atoms with E-state index >= 15 is 0 Å². The van der Waals surface area contributed by atoms with E-state index in [1.165, 1.54) is 19.3 Å². The van der Waals surface area contributed by atoms with Crippen LogP contribution in [0.15, 0.2) is 0 Å². The van der Waals surface area contributed by atoms with Gasteiger partial charge in [0.25, 0.3) is 0 Å². The van der Waals surface area contributed by atoms with E-state index in [1.807, 2.05) is 0 Å². The van der Waals surface area contributed by atoms with Crippen LogP contribution >= 0.6 is 0 Å². The Hall–Kier alpha value is -0.770. The Morgan fingerprint density at radius 1 is 1.38 bits per heavy atom. The second-order valence-electron chi connectivity index (χ2n) is 5.20. The van der Waals surface area contributed by atoms with Crippen LogP contribution in [0.3, 0.4) is 0 Å². The van der Waals surface area contributed by atoms with Gasteiger partial charge in [-0.2, -0.15) is 0 Å². The third-order valence-corrected chi connectivity index (χ3v) is 3.62. The zero-order valence-electron chi connectivity index (χ0n) is 10.00. The fourth-order valence-corrected chi connectivity index (χ4v) is 2.63. The fourth-order valence-electron chi connectivity index (χ4n) is 2.63. The van der Waals surface area contributed by atoms with Crippen LogP contribution in [-0.2, 0) is 4.74 Å². The molecule has 0 aromatic carbocycles. The minimum atomic E-state index is -0.0324. The molecule has 4 heteroatoms. The Balaban J connectivity index is 1.60. The molecule has 2 aliphatic rings. The lowest BCUT2D eigenvalue weighted by atomic mass is 10.1. The van der Waals surface area contributed by atoms with Crippen molar-refractivity contribution in [2.24, 2.45) is 11.8 Å². The zero-order chi connectivity index (χ0) is 11.4. The van der Waals surface area contributed by atoms with Crippen LogP contribution in [-0.4, -0.2) is 31.8 Å². The van der Waals surface area contributed by atoms with Crippen LogP contribution < -0.4 is 10.6 Å². The van der Waals surface area contributed by atoms with Crippen molar-refractivity contribution in [3.05, 3.63) is 0 Å². The summed E-state index contributed by atoms with van der Waals surface area (Å²) in [4.78, 5) is 11.6. The van der Waals surface area contributed by atoms with Crippen molar-refractivity contribution in [3.8, 4) is 0 Å². The van der Waals surface area contributed by atoms with Crippen LogP contribution in [0, 0.1) is 11.8 Å². The van der Waals surface area contributed by atoms with Crippen molar-refractivity contribution in [1.29, 1.82) is 0 Å². The van der Waals surface area contributed by atoms with E-state index in [2.05, 4.69) is 17.6 Å². The molecule has 0 spiro atoms. The molecule has 2 N–H and O–H groups in total. The number of hydrogen-bond acceptors (Lipinski definition) is 2. The predicted molar refractivity (Wildman–Crippen MR) is 62.3 cm³/mol. The Morgan fingerprint density at radius 3 is 2.88 bits per heavy atom. The van der Waals surface area contributed by atoms with Gasteiger partial charge in [-0.3, -0.25) is 0 Å². The highest BCUT2D eigenvalue weighted by molar-refractivity contribution is 5.74. The SMILES string of the molecule is CC1CCC(CNC(=O)NC2CCOC2)C1. The summed E-state index contributed by atoms with van der Waals surface area (Å²) >= 11 is 0. The van der Waals surface area contributed by atoms with Gasteiger partial charge in [0.15, 0.2) is 0 Å². The van der Waals surface area contributed by atoms with Crippen LogP contribution in [0.5, 0.6) is 0 Å². The van der Waals surface area contributed by atoms with Crippen molar-refractivity contribution in [3.63, 3.8) is 0 Å². The van der Waals surface area contributed by atoms with E-state index in [0.717, 1.165) is 25.5 Å². The van der Waals surface area contributed by atoms with E-state index in [9.17, 15) is 4.79 Å². The van der Waals surface area contributed by atoms with Gasteiger partial charge in [-0.05, 0) is 31.1 Å². The van der Waals surface area contributed by atoms with Crippen LogP contribution in [0.1, 0.15) is 32.6 Å². The van der Waals surface area contributed by atoms with E-state index in [0.29, 0.717) is 12.5 Å². The Morgan fingerprint density at radius 2 is 2.25 bits per heavy atom. The summed E-state index contributed by atoms with van der Waals surface area (Å²) in [6.07, 6.45) is 4.76. The lowest BCUT2D eigenvalue weighted by Gasteiger charge is -2.14. The second kappa shape index (κ2) is 5.53. The monoisotopic (exact) mass is 226 g/mol. The van der Waals surface area contributed by atoms with Crippen molar-refractivity contribution >= 4 is 6.03 Å². The van der Waals surface area contributed by atoms with Crippen molar-refractivity contribution < 1.29 is 9.53 Å². The highest BCUT2D eigenvalue weighted by atomic mass is 16.5. The molecule has 0 bridgehead atoms. The maximum Gasteiger partial charge on any atom is 0.315 e. The molecule has 1 heterocycles. The van der Waals surface area contributed by atoms with Gasteiger partial charge >= 0.3 is 6.03 Å². The van der Waals surface area contributed by atoms with E-state index < -0.39 is 0 Å². The van der Waals surface area contributed by atoms with E-state index in [1.54, 1.807) is 0 Å². The minimum Gasteiger partial charge on any atom is -0.379 e. The molecule has 3 unspecified atom stereocenters. The highest BCUT2D eigenvalue weighted by Crippen LogP contribution is 2.29. The molecule has 16 heavy (non-hydrogen) atoms. The maximum absolute atomic E-state index is 11.6. The molecule has 1 aliphatic carbocycles. The quantitative estimate of drug-likeness (QED) is 0.766. The van der Waals surface area contributed by atoms with Gasteiger partial charge in [0.1, 0.15) is 0 Å². The first-order valence-electron chi connectivity index (χ1n) is 6.36. The first-order chi connectivity index (χ1) is 7.74. The lowest BCUT2D eigenvalue weighted by molar-refractivity contribution is 0.188. The number of amides is 2. The summed E-state index contributed by atoms with van der Waals surface area (Å²) in [7, 11) is 0. The first-order valence-corrected chi connectivity index (χ1v) is 6.36. The molecule has 4 nitrogen and oxygen atoms in total. The topological polar surface area (TPSA) is 50.4 Å². The molecule has 2 fully saturated rings. The predicted octanol–water partition coefficient (Wildman–Crippen LogP) is 1.51. The first kappa shape index (κ1) is 11.7. The average molecular weight is 226 g/mol. The fraction of sp³-hybridized carbons (Fsp3) is 0.917. The van der Waals surface area contributed by atoms with Gasteiger partial charge < -0.3 is 15.4 Å². The van der Waals surface area contributed by atoms with Crippen molar-refractivity contribution in [2.75, 3.05) is 19.8 Å². The van der Waals surface area contributed by atoms with E-state index in [4.69, 9.17) is 4.74 Å². The third kappa shape index (κ3) is 3.37. The molecule has 2 rings (SSSR count). The molecule has 3 atom stereocenters. The normalized spacial score (nSPS) is 33.9. The summed E-state index contributed by atoms with van der Waals surface area (Å²) in [5.41, 5.74) is 0. The Labute approximate surface area is 97.1 Å². The van der Waals surface area contributed by atoms with E-state index in [-0.39, 0.29) is 12.1 Å². The standard InChI is InChI=1S/C12H22N2O2/c1-9-2-3-10(6-9)7-13-12(15)14-11-4-5-16-8-11/h9-11H,2-8H2,1H3,(H2,13,14,15). The molecular formula is C12H22N2O2. The van der Waals surface area contributed by atoms with Crippen LogP contribution in [0.25, 0.3) is 0 Å². The lowest BCUT2D eigenvalue weighted by Crippen LogP contribution is -2.43. The minimum absolute atomic E-state index is 0.0324. The summed E-state index contributed by atoms with van der Waals surface area (Å²) < 4.78 is 5.21. The van der Waals surface area contributed by atoms with Gasteiger partial charge in [-0.25, -0.2) is 4.79 Å². The largest absolute Gasteiger partial charge is 0.379 e. The molecule has 1 aliphatic heterocycles.